The number of thiocarbonyl (C=S) groups is 1. The number of rotatable bonds is 9. The Hall–Kier alpha value is -3.13. The van der Waals surface area contributed by atoms with Gasteiger partial charge in [-0.2, -0.15) is 0 Å². The van der Waals surface area contributed by atoms with Gasteiger partial charge in [0.2, 0.25) is 0 Å². The van der Waals surface area contributed by atoms with Crippen LogP contribution in [0, 0.1) is 5.82 Å². The molecular formula is C24H28FN3O3S. The second-order valence-electron chi connectivity index (χ2n) is 7.49. The van der Waals surface area contributed by atoms with E-state index in [-0.39, 0.29) is 11.4 Å². The van der Waals surface area contributed by atoms with Gasteiger partial charge in [-0.3, -0.25) is 4.79 Å². The van der Waals surface area contributed by atoms with E-state index in [4.69, 9.17) is 21.7 Å². The van der Waals surface area contributed by atoms with Gasteiger partial charge in [-0.1, -0.05) is 25.5 Å². The van der Waals surface area contributed by atoms with Gasteiger partial charge in [-0.15, -0.1) is 0 Å². The number of methoxy groups -OCH3 is 2. The third-order valence-corrected chi connectivity index (χ3v) is 5.57. The first-order valence-electron chi connectivity index (χ1n) is 10.5. The highest BCUT2D eigenvalue weighted by Crippen LogP contribution is 2.31. The summed E-state index contributed by atoms with van der Waals surface area (Å²) in [6.07, 6.45) is 2.03. The lowest BCUT2D eigenvalue weighted by Crippen LogP contribution is -2.40. The first-order chi connectivity index (χ1) is 15.4. The van der Waals surface area contributed by atoms with Crippen molar-refractivity contribution in [2.45, 2.75) is 32.9 Å². The van der Waals surface area contributed by atoms with Gasteiger partial charge in [0.15, 0.2) is 16.6 Å². The van der Waals surface area contributed by atoms with Gasteiger partial charge in [0.1, 0.15) is 5.82 Å². The zero-order chi connectivity index (χ0) is 23.1. The van der Waals surface area contributed by atoms with Crippen LogP contribution in [0.1, 0.15) is 30.9 Å². The van der Waals surface area contributed by atoms with E-state index in [2.05, 4.69) is 17.2 Å². The molecule has 0 radical (unpaired) electrons. The summed E-state index contributed by atoms with van der Waals surface area (Å²) in [5.74, 6) is 0.833. The maximum Gasteiger partial charge on any atom is 0.253 e. The third kappa shape index (κ3) is 5.76. The van der Waals surface area contributed by atoms with Crippen LogP contribution in [-0.2, 0) is 13.1 Å². The summed E-state index contributed by atoms with van der Waals surface area (Å²) in [5, 5.41) is 4.63. The molecule has 0 aliphatic carbocycles. The molecular weight excluding hydrogens is 429 g/mol. The normalized spacial score (nSPS) is 10.8. The molecule has 3 rings (SSSR count). The number of aromatic amines is 1. The lowest BCUT2D eigenvalue weighted by atomic mass is 10.1. The van der Waals surface area contributed by atoms with E-state index in [0.717, 1.165) is 30.3 Å². The predicted molar refractivity (Wildman–Crippen MR) is 129 cm³/mol. The van der Waals surface area contributed by atoms with Crippen molar-refractivity contribution in [3.8, 4) is 11.5 Å². The Labute approximate surface area is 192 Å². The summed E-state index contributed by atoms with van der Waals surface area (Å²) in [7, 11) is 3.12. The predicted octanol–water partition coefficient (Wildman–Crippen LogP) is 4.36. The maximum atomic E-state index is 13.3. The molecule has 0 bridgehead atoms. The van der Waals surface area contributed by atoms with Crippen LogP contribution in [0.4, 0.5) is 4.39 Å². The smallest absolute Gasteiger partial charge is 0.253 e. The van der Waals surface area contributed by atoms with Crippen molar-refractivity contribution < 1.29 is 13.9 Å². The van der Waals surface area contributed by atoms with Crippen molar-refractivity contribution in [2.24, 2.45) is 0 Å². The van der Waals surface area contributed by atoms with Crippen LogP contribution in [-0.4, -0.2) is 35.8 Å². The minimum Gasteiger partial charge on any atom is -0.493 e. The van der Waals surface area contributed by atoms with Crippen molar-refractivity contribution in [3.63, 3.8) is 0 Å². The summed E-state index contributed by atoms with van der Waals surface area (Å²) in [4.78, 5) is 17.7. The van der Waals surface area contributed by atoms with Crippen LogP contribution < -0.4 is 20.3 Å². The third-order valence-electron chi connectivity index (χ3n) is 5.17. The summed E-state index contributed by atoms with van der Waals surface area (Å²) < 4.78 is 24.0. The number of aromatic nitrogens is 1. The Morgan fingerprint density at radius 1 is 1.09 bits per heavy atom. The Morgan fingerprint density at radius 2 is 1.78 bits per heavy atom. The lowest BCUT2D eigenvalue weighted by molar-refractivity contribution is 0.355. The fourth-order valence-corrected chi connectivity index (χ4v) is 3.63. The molecule has 0 spiro atoms. The monoisotopic (exact) mass is 457 g/mol. The Morgan fingerprint density at radius 3 is 2.44 bits per heavy atom. The number of nitrogens with one attached hydrogen (secondary N) is 2. The summed E-state index contributed by atoms with van der Waals surface area (Å²) in [6, 6.07) is 11.7. The SMILES string of the molecule is CCCCNC(=S)N(Cc1ccc(F)cc1)Cc1cc2cc(OC)c(OC)cc2[nH]c1=O. The van der Waals surface area contributed by atoms with E-state index in [1.807, 2.05) is 17.0 Å². The number of H-pyrrole nitrogens is 1. The second-order valence-corrected chi connectivity index (χ2v) is 7.87. The summed E-state index contributed by atoms with van der Waals surface area (Å²) >= 11 is 5.62. The van der Waals surface area contributed by atoms with Crippen LogP contribution in [0.15, 0.2) is 47.3 Å². The molecule has 0 saturated heterocycles. The molecule has 0 saturated carbocycles. The Kier molecular flexibility index (Phi) is 8.05. The van der Waals surface area contributed by atoms with Crippen LogP contribution in [0.2, 0.25) is 0 Å². The number of ether oxygens (including phenoxy) is 2. The molecule has 170 valence electrons. The van der Waals surface area contributed by atoms with Gasteiger partial charge >= 0.3 is 0 Å². The molecule has 8 heteroatoms. The number of halogens is 1. The molecule has 3 aromatic rings. The van der Waals surface area contributed by atoms with Crippen LogP contribution in [0.25, 0.3) is 10.9 Å². The van der Waals surface area contributed by atoms with Gasteiger partial charge in [-0.25, -0.2) is 4.39 Å². The van der Waals surface area contributed by atoms with E-state index in [1.165, 1.54) is 12.1 Å². The Balaban J connectivity index is 1.92. The molecule has 6 nitrogen and oxygen atoms in total. The average Bonchev–Trinajstić information content (AvgIpc) is 2.79. The number of hydrogen-bond acceptors (Lipinski definition) is 4. The van der Waals surface area contributed by atoms with Crippen LogP contribution in [0.5, 0.6) is 11.5 Å². The molecule has 1 heterocycles. The summed E-state index contributed by atoms with van der Waals surface area (Å²) in [5.41, 5.74) is 1.91. The highest BCUT2D eigenvalue weighted by molar-refractivity contribution is 7.80. The highest BCUT2D eigenvalue weighted by atomic mass is 32.1. The van der Waals surface area contributed by atoms with Crippen molar-refractivity contribution in [1.82, 2.24) is 15.2 Å². The number of benzene rings is 2. The second kappa shape index (κ2) is 10.9. The van der Waals surface area contributed by atoms with Crippen LogP contribution in [0.3, 0.4) is 0 Å². The molecule has 2 N–H and O–H groups in total. The van der Waals surface area contributed by atoms with E-state index in [1.54, 1.807) is 32.4 Å². The topological polar surface area (TPSA) is 66.6 Å². The molecule has 0 atom stereocenters. The standard InChI is InChI=1S/C24H28FN3O3S/c1-4-5-10-26-24(32)28(14-16-6-8-19(25)9-7-16)15-18-11-17-12-21(30-2)22(31-3)13-20(17)27-23(18)29/h6-9,11-13H,4-5,10,14-15H2,1-3H3,(H,26,32)(H,27,29). The van der Waals surface area contributed by atoms with Gasteiger partial charge in [-0.05, 0) is 48.5 Å². The van der Waals surface area contributed by atoms with E-state index in [9.17, 15) is 9.18 Å². The van der Waals surface area contributed by atoms with Crippen LogP contribution >= 0.6 is 12.2 Å². The van der Waals surface area contributed by atoms with Crippen molar-refractivity contribution in [2.75, 3.05) is 20.8 Å². The summed E-state index contributed by atoms with van der Waals surface area (Å²) in [6.45, 7) is 3.61. The quantitative estimate of drug-likeness (QED) is 0.368. The zero-order valence-corrected chi connectivity index (χ0v) is 19.4. The number of pyridine rings is 1. The van der Waals surface area contributed by atoms with E-state index >= 15 is 0 Å². The first kappa shape index (κ1) is 23.5. The minimum atomic E-state index is -0.292. The molecule has 0 aliphatic rings. The number of nitrogens with zero attached hydrogens (tertiary/aromatic N) is 1. The number of fused-ring (bicyclic) bond motifs is 1. The molecule has 0 fully saturated rings. The van der Waals surface area contributed by atoms with Crippen molar-refractivity contribution in [3.05, 3.63) is 69.8 Å². The molecule has 2 aromatic carbocycles. The molecule has 1 aromatic heterocycles. The van der Waals surface area contributed by atoms with Gasteiger partial charge < -0.3 is 24.7 Å². The first-order valence-corrected chi connectivity index (χ1v) is 10.9. The molecule has 0 amide bonds. The zero-order valence-electron chi connectivity index (χ0n) is 18.5. The Bertz CT molecular complexity index is 1130. The molecule has 32 heavy (non-hydrogen) atoms. The lowest BCUT2D eigenvalue weighted by Gasteiger charge is -2.26. The number of hydrogen-bond donors (Lipinski definition) is 2. The van der Waals surface area contributed by atoms with Crippen molar-refractivity contribution in [1.29, 1.82) is 0 Å². The van der Waals surface area contributed by atoms with Gasteiger partial charge in [0, 0.05) is 30.1 Å². The average molecular weight is 458 g/mol. The molecule has 0 unspecified atom stereocenters. The molecule has 0 aliphatic heterocycles. The highest BCUT2D eigenvalue weighted by Gasteiger charge is 2.15. The number of unbranched alkanes of at least 4 members (excludes halogenated alkanes) is 1. The largest absolute Gasteiger partial charge is 0.493 e. The minimum absolute atomic E-state index is 0.204. The van der Waals surface area contributed by atoms with Gasteiger partial charge in [0.05, 0.1) is 26.3 Å². The maximum absolute atomic E-state index is 13.3. The van der Waals surface area contributed by atoms with E-state index < -0.39 is 0 Å². The fraction of sp³-hybridized carbons (Fsp3) is 0.333. The van der Waals surface area contributed by atoms with Gasteiger partial charge in [0.25, 0.3) is 5.56 Å². The van der Waals surface area contributed by atoms with E-state index in [0.29, 0.717) is 40.8 Å². The van der Waals surface area contributed by atoms with Crippen molar-refractivity contribution >= 4 is 28.2 Å². The fourth-order valence-electron chi connectivity index (χ4n) is 3.39.